The zero-order chi connectivity index (χ0) is 18.9. The quantitative estimate of drug-likeness (QED) is 0.354. The van der Waals surface area contributed by atoms with Gasteiger partial charge in [-0.25, -0.2) is 0 Å². The minimum Gasteiger partial charge on any atom is -0.493 e. The number of hydrogen-bond acceptors (Lipinski definition) is 4. The highest BCUT2D eigenvalue weighted by Crippen LogP contribution is 2.30. The molecule has 0 fully saturated rings. The lowest BCUT2D eigenvalue weighted by molar-refractivity contribution is 0.311. The van der Waals surface area contributed by atoms with Gasteiger partial charge in [-0.05, 0) is 36.8 Å². The summed E-state index contributed by atoms with van der Waals surface area (Å²) < 4.78 is 10.9. The lowest BCUT2D eigenvalue weighted by atomic mass is 10.2. The minimum atomic E-state index is 0. The summed E-state index contributed by atoms with van der Waals surface area (Å²) in [5, 5.41) is 6.58. The SMILES string of the molecule is CCOc1ccc(NC(=NC)NCc2ccc(N(C)C)cc2)cc1OC.I. The fourth-order valence-electron chi connectivity index (χ4n) is 2.43. The standard InChI is InChI=1S/C20H28N4O2.HI/c1-6-26-18-12-9-16(13-19(18)25-5)23-20(21-2)22-14-15-7-10-17(11-8-15)24(3)4;/h7-13H,6,14H2,1-5H3,(H2,21,22,23);1H. The molecule has 0 heterocycles. The van der Waals surface area contributed by atoms with Gasteiger partial charge in [0.15, 0.2) is 17.5 Å². The number of nitrogens with zero attached hydrogens (tertiary/aromatic N) is 2. The smallest absolute Gasteiger partial charge is 0.195 e. The van der Waals surface area contributed by atoms with Gasteiger partial charge in [-0.3, -0.25) is 4.99 Å². The van der Waals surface area contributed by atoms with Crippen LogP contribution in [0.4, 0.5) is 11.4 Å². The van der Waals surface area contributed by atoms with Crippen molar-refractivity contribution in [2.24, 2.45) is 4.99 Å². The van der Waals surface area contributed by atoms with Crippen molar-refractivity contribution in [3.8, 4) is 11.5 Å². The summed E-state index contributed by atoms with van der Waals surface area (Å²) in [6.07, 6.45) is 0. The molecule has 27 heavy (non-hydrogen) atoms. The van der Waals surface area contributed by atoms with Gasteiger partial charge in [0.05, 0.1) is 13.7 Å². The number of ether oxygens (including phenoxy) is 2. The Labute approximate surface area is 179 Å². The Morgan fingerprint density at radius 3 is 2.33 bits per heavy atom. The van der Waals surface area contributed by atoms with Crippen LogP contribution in [0.15, 0.2) is 47.5 Å². The zero-order valence-corrected chi connectivity index (χ0v) is 18.9. The predicted molar refractivity (Wildman–Crippen MR) is 124 cm³/mol. The zero-order valence-electron chi connectivity index (χ0n) is 16.6. The molecule has 0 unspecified atom stereocenters. The van der Waals surface area contributed by atoms with Crippen molar-refractivity contribution < 1.29 is 9.47 Å². The summed E-state index contributed by atoms with van der Waals surface area (Å²) in [4.78, 5) is 6.35. The van der Waals surface area contributed by atoms with E-state index in [9.17, 15) is 0 Å². The molecule has 2 N–H and O–H groups in total. The summed E-state index contributed by atoms with van der Waals surface area (Å²) in [7, 11) is 7.44. The normalized spacial score (nSPS) is 10.6. The third kappa shape index (κ3) is 6.82. The van der Waals surface area contributed by atoms with Crippen molar-refractivity contribution >= 4 is 41.3 Å². The van der Waals surface area contributed by atoms with E-state index in [0.717, 1.165) is 11.4 Å². The van der Waals surface area contributed by atoms with Crippen LogP contribution in [0.2, 0.25) is 0 Å². The summed E-state index contributed by atoms with van der Waals surface area (Å²) in [5.74, 6) is 2.10. The number of guanidine groups is 1. The molecule has 0 aliphatic carbocycles. The third-order valence-corrected chi connectivity index (χ3v) is 3.86. The van der Waals surface area contributed by atoms with Gasteiger partial charge in [0, 0.05) is 45.1 Å². The first-order valence-electron chi connectivity index (χ1n) is 8.62. The molecule has 0 aliphatic heterocycles. The highest BCUT2D eigenvalue weighted by molar-refractivity contribution is 14.0. The molecule has 2 rings (SSSR count). The summed E-state index contributed by atoms with van der Waals surface area (Å²) >= 11 is 0. The number of halogens is 1. The van der Waals surface area contributed by atoms with Crippen LogP contribution in [-0.2, 0) is 6.54 Å². The monoisotopic (exact) mass is 484 g/mol. The van der Waals surface area contributed by atoms with Crippen molar-refractivity contribution in [1.29, 1.82) is 0 Å². The largest absolute Gasteiger partial charge is 0.493 e. The molecule has 0 bridgehead atoms. The number of rotatable bonds is 7. The topological polar surface area (TPSA) is 58.1 Å². The number of nitrogens with one attached hydrogen (secondary N) is 2. The van der Waals surface area contributed by atoms with E-state index in [0.29, 0.717) is 24.9 Å². The Kier molecular flexibility index (Phi) is 9.77. The second-order valence-electron chi connectivity index (χ2n) is 5.91. The maximum atomic E-state index is 5.54. The third-order valence-electron chi connectivity index (χ3n) is 3.86. The van der Waals surface area contributed by atoms with Gasteiger partial charge in [0.25, 0.3) is 0 Å². The van der Waals surface area contributed by atoms with E-state index in [-0.39, 0.29) is 24.0 Å². The number of methoxy groups -OCH3 is 1. The van der Waals surface area contributed by atoms with E-state index in [4.69, 9.17) is 9.47 Å². The molecule has 2 aromatic carbocycles. The number of aliphatic imine (C=N–C) groups is 1. The van der Waals surface area contributed by atoms with E-state index in [1.807, 2.05) is 39.2 Å². The first-order chi connectivity index (χ1) is 12.6. The summed E-state index contributed by atoms with van der Waals surface area (Å²) in [6, 6.07) is 14.1. The van der Waals surface area contributed by atoms with Gasteiger partial charge in [-0.2, -0.15) is 0 Å². The van der Waals surface area contributed by atoms with Gasteiger partial charge in [-0.1, -0.05) is 12.1 Å². The molecule has 148 valence electrons. The molecule has 0 atom stereocenters. The van der Waals surface area contributed by atoms with Crippen molar-refractivity contribution in [3.05, 3.63) is 48.0 Å². The maximum Gasteiger partial charge on any atom is 0.195 e. The Balaban J connectivity index is 0.00000364. The summed E-state index contributed by atoms with van der Waals surface area (Å²) in [5.41, 5.74) is 3.24. The molecular formula is C20H29IN4O2. The van der Waals surface area contributed by atoms with E-state index < -0.39 is 0 Å². The molecule has 0 saturated carbocycles. The van der Waals surface area contributed by atoms with Crippen LogP contribution in [-0.4, -0.2) is 40.8 Å². The first-order valence-corrected chi connectivity index (χ1v) is 8.62. The molecule has 0 saturated heterocycles. The molecule has 0 amide bonds. The van der Waals surface area contributed by atoms with Crippen LogP contribution in [0.1, 0.15) is 12.5 Å². The minimum absolute atomic E-state index is 0. The Bertz CT molecular complexity index is 733. The van der Waals surface area contributed by atoms with Gasteiger partial charge in [0.2, 0.25) is 0 Å². The molecule has 6 nitrogen and oxygen atoms in total. The van der Waals surface area contributed by atoms with E-state index >= 15 is 0 Å². The van der Waals surface area contributed by atoms with E-state index in [1.165, 1.54) is 11.3 Å². The Morgan fingerprint density at radius 1 is 1.07 bits per heavy atom. The van der Waals surface area contributed by atoms with Crippen LogP contribution >= 0.6 is 24.0 Å². The van der Waals surface area contributed by atoms with Gasteiger partial charge in [-0.15, -0.1) is 24.0 Å². The second-order valence-corrected chi connectivity index (χ2v) is 5.91. The second kappa shape index (κ2) is 11.5. The van der Waals surface area contributed by atoms with Crippen LogP contribution in [0.3, 0.4) is 0 Å². The lowest BCUT2D eigenvalue weighted by Gasteiger charge is -2.15. The average molecular weight is 484 g/mol. The fourth-order valence-corrected chi connectivity index (χ4v) is 2.43. The molecule has 0 aliphatic rings. The van der Waals surface area contributed by atoms with Crippen LogP contribution < -0.4 is 25.0 Å². The average Bonchev–Trinajstić information content (AvgIpc) is 2.66. The van der Waals surface area contributed by atoms with Crippen molar-refractivity contribution in [2.45, 2.75) is 13.5 Å². The van der Waals surface area contributed by atoms with Gasteiger partial charge in [0.1, 0.15) is 0 Å². The van der Waals surface area contributed by atoms with Gasteiger partial charge >= 0.3 is 0 Å². The number of anilines is 2. The predicted octanol–water partition coefficient (Wildman–Crippen LogP) is 3.97. The Morgan fingerprint density at radius 2 is 1.78 bits per heavy atom. The van der Waals surface area contributed by atoms with Crippen LogP contribution in [0.25, 0.3) is 0 Å². The van der Waals surface area contributed by atoms with Crippen molar-refractivity contribution in [3.63, 3.8) is 0 Å². The molecule has 0 spiro atoms. The van der Waals surface area contributed by atoms with Crippen molar-refractivity contribution in [1.82, 2.24) is 5.32 Å². The van der Waals surface area contributed by atoms with Gasteiger partial charge < -0.3 is 25.0 Å². The van der Waals surface area contributed by atoms with Crippen molar-refractivity contribution in [2.75, 3.05) is 45.1 Å². The number of hydrogen-bond donors (Lipinski definition) is 2. The maximum absolute atomic E-state index is 5.54. The lowest BCUT2D eigenvalue weighted by Crippen LogP contribution is -2.30. The molecular weight excluding hydrogens is 455 g/mol. The Hall–Kier alpha value is -2.16. The van der Waals surface area contributed by atoms with Crippen LogP contribution in [0, 0.1) is 0 Å². The fraction of sp³-hybridized carbons (Fsp3) is 0.350. The molecule has 2 aromatic rings. The number of benzene rings is 2. The van der Waals surface area contributed by atoms with E-state index in [2.05, 4.69) is 44.8 Å². The van der Waals surface area contributed by atoms with E-state index in [1.54, 1.807) is 14.2 Å². The van der Waals surface area contributed by atoms with Crippen LogP contribution in [0.5, 0.6) is 11.5 Å². The first kappa shape index (κ1) is 22.9. The molecule has 7 heteroatoms. The molecule has 0 radical (unpaired) electrons. The highest BCUT2D eigenvalue weighted by Gasteiger charge is 2.07. The highest BCUT2D eigenvalue weighted by atomic mass is 127. The molecule has 0 aromatic heterocycles. The summed E-state index contributed by atoms with van der Waals surface area (Å²) in [6.45, 7) is 3.23.